The summed E-state index contributed by atoms with van der Waals surface area (Å²) < 4.78 is 0. The van der Waals surface area contributed by atoms with Crippen molar-refractivity contribution in [2.24, 2.45) is 5.73 Å². The molecule has 0 fully saturated rings. The maximum absolute atomic E-state index is 11.0. The van der Waals surface area contributed by atoms with Gasteiger partial charge in [0.15, 0.2) is 0 Å². The zero-order valence-corrected chi connectivity index (χ0v) is 8.27. The van der Waals surface area contributed by atoms with E-state index < -0.39 is 29.9 Å². The highest BCUT2D eigenvalue weighted by Crippen LogP contribution is 1.98. The lowest BCUT2D eigenvalue weighted by Gasteiger charge is -2.14. The Morgan fingerprint density at radius 1 is 1.40 bits per heavy atom. The lowest BCUT2D eigenvalue weighted by Crippen LogP contribution is -2.45. The number of aliphatic hydroxyl groups excluding tert-OH is 1. The zero-order chi connectivity index (χ0) is 12.0. The number of rotatable bonds is 6. The number of carboxylic acids is 1. The van der Waals surface area contributed by atoms with Crippen LogP contribution in [0.1, 0.15) is 19.8 Å². The van der Waals surface area contributed by atoms with Crippen molar-refractivity contribution in [3.8, 4) is 0 Å². The van der Waals surface area contributed by atoms with Crippen LogP contribution >= 0.6 is 0 Å². The molecule has 0 aliphatic heterocycles. The number of carbonyl (C=O) groups excluding carboxylic acids is 2. The number of hydrogen-bond donors (Lipinski definition) is 4. The predicted molar refractivity (Wildman–Crippen MR) is 49.7 cm³/mol. The largest absolute Gasteiger partial charge is 0.480 e. The molecule has 7 heteroatoms. The Balaban J connectivity index is 4.22. The Kier molecular flexibility index (Phi) is 5.32. The van der Waals surface area contributed by atoms with Crippen molar-refractivity contribution in [1.82, 2.24) is 5.32 Å². The van der Waals surface area contributed by atoms with Gasteiger partial charge in [-0.3, -0.25) is 9.59 Å². The minimum absolute atomic E-state index is 0.0941. The van der Waals surface area contributed by atoms with Crippen LogP contribution in [0, 0.1) is 0 Å². The van der Waals surface area contributed by atoms with Gasteiger partial charge in [0, 0.05) is 6.42 Å². The van der Waals surface area contributed by atoms with E-state index in [1.165, 1.54) is 6.92 Å². The third-order valence-corrected chi connectivity index (χ3v) is 1.67. The smallest absolute Gasteiger partial charge is 0.326 e. The molecule has 0 unspecified atom stereocenters. The first-order chi connectivity index (χ1) is 6.84. The normalized spacial score (nSPS) is 14.0. The third-order valence-electron chi connectivity index (χ3n) is 1.67. The Bertz CT molecular complexity index is 264. The number of aliphatic hydroxyl groups is 1. The van der Waals surface area contributed by atoms with Crippen molar-refractivity contribution in [3.63, 3.8) is 0 Å². The Labute approximate surface area is 86.3 Å². The molecule has 2 atom stereocenters. The van der Waals surface area contributed by atoms with Gasteiger partial charge < -0.3 is 21.3 Å². The number of primary amides is 1. The maximum atomic E-state index is 11.0. The van der Waals surface area contributed by atoms with Gasteiger partial charge in [-0.2, -0.15) is 0 Å². The molecule has 0 aromatic heterocycles. The first-order valence-corrected chi connectivity index (χ1v) is 4.34. The van der Waals surface area contributed by atoms with Gasteiger partial charge >= 0.3 is 5.97 Å². The number of hydrogen-bond acceptors (Lipinski definition) is 4. The van der Waals surface area contributed by atoms with E-state index in [9.17, 15) is 14.4 Å². The number of aliphatic carboxylic acids is 1. The van der Waals surface area contributed by atoms with Gasteiger partial charge in [-0.05, 0) is 13.3 Å². The van der Waals surface area contributed by atoms with Crippen LogP contribution < -0.4 is 11.1 Å². The molecule has 0 bridgehead atoms. The molecule has 0 rings (SSSR count). The monoisotopic (exact) mass is 218 g/mol. The van der Waals surface area contributed by atoms with Gasteiger partial charge in [-0.1, -0.05) is 0 Å². The molecule has 2 amide bonds. The molecular weight excluding hydrogens is 204 g/mol. The SMILES string of the molecule is C[C@H](O)C(=O)N[C@@H](CCC(N)=O)C(=O)O. The minimum Gasteiger partial charge on any atom is -0.480 e. The second-order valence-corrected chi connectivity index (χ2v) is 3.08. The second-order valence-electron chi connectivity index (χ2n) is 3.08. The molecule has 15 heavy (non-hydrogen) atoms. The summed E-state index contributed by atoms with van der Waals surface area (Å²) in [7, 11) is 0. The van der Waals surface area contributed by atoms with E-state index in [1.807, 2.05) is 0 Å². The van der Waals surface area contributed by atoms with Crippen molar-refractivity contribution < 1.29 is 24.6 Å². The summed E-state index contributed by atoms with van der Waals surface area (Å²) in [5, 5.41) is 19.6. The van der Waals surface area contributed by atoms with Crippen molar-refractivity contribution in [2.45, 2.75) is 31.9 Å². The van der Waals surface area contributed by atoms with Gasteiger partial charge in [-0.15, -0.1) is 0 Å². The van der Waals surface area contributed by atoms with Crippen LogP contribution in [0.25, 0.3) is 0 Å². The van der Waals surface area contributed by atoms with Crippen LogP contribution in [-0.2, 0) is 14.4 Å². The first-order valence-electron chi connectivity index (χ1n) is 4.34. The van der Waals surface area contributed by atoms with Crippen LogP contribution in [0.4, 0.5) is 0 Å². The first kappa shape index (κ1) is 13.4. The lowest BCUT2D eigenvalue weighted by atomic mass is 10.1. The fourth-order valence-corrected chi connectivity index (χ4v) is 0.836. The Hall–Kier alpha value is -1.63. The van der Waals surface area contributed by atoms with Crippen LogP contribution in [0.5, 0.6) is 0 Å². The van der Waals surface area contributed by atoms with Gasteiger partial charge in [0.2, 0.25) is 11.8 Å². The van der Waals surface area contributed by atoms with Crippen LogP contribution in [-0.4, -0.2) is 40.1 Å². The van der Waals surface area contributed by atoms with E-state index in [0.29, 0.717) is 0 Å². The summed E-state index contributed by atoms with van der Waals surface area (Å²) in [6.07, 6.45) is -1.53. The average molecular weight is 218 g/mol. The molecule has 0 spiro atoms. The Morgan fingerprint density at radius 2 is 1.93 bits per heavy atom. The predicted octanol–water partition coefficient (Wildman–Crippen LogP) is -1.80. The Morgan fingerprint density at radius 3 is 2.27 bits per heavy atom. The van der Waals surface area contributed by atoms with Gasteiger partial charge in [0.05, 0.1) is 0 Å². The lowest BCUT2D eigenvalue weighted by molar-refractivity contribution is -0.143. The highest BCUT2D eigenvalue weighted by Gasteiger charge is 2.22. The maximum Gasteiger partial charge on any atom is 0.326 e. The number of nitrogens with one attached hydrogen (secondary N) is 1. The van der Waals surface area contributed by atoms with Crippen molar-refractivity contribution in [2.75, 3.05) is 0 Å². The van der Waals surface area contributed by atoms with E-state index in [-0.39, 0.29) is 12.8 Å². The zero-order valence-electron chi connectivity index (χ0n) is 8.27. The highest BCUT2D eigenvalue weighted by atomic mass is 16.4. The molecule has 0 heterocycles. The molecule has 0 saturated heterocycles. The summed E-state index contributed by atoms with van der Waals surface area (Å²) in [6.45, 7) is 1.21. The molecule has 0 aliphatic carbocycles. The molecule has 0 saturated carbocycles. The number of carboxylic acid groups (broad SMARTS) is 1. The van der Waals surface area contributed by atoms with Crippen LogP contribution in [0.2, 0.25) is 0 Å². The van der Waals surface area contributed by atoms with E-state index in [1.54, 1.807) is 0 Å². The minimum atomic E-state index is -1.29. The molecule has 86 valence electrons. The molecule has 0 aromatic rings. The van der Waals surface area contributed by atoms with E-state index >= 15 is 0 Å². The second kappa shape index (κ2) is 5.97. The topological polar surface area (TPSA) is 130 Å². The van der Waals surface area contributed by atoms with Crippen LogP contribution in [0.3, 0.4) is 0 Å². The summed E-state index contributed by atoms with van der Waals surface area (Å²) in [4.78, 5) is 32.0. The van der Waals surface area contributed by atoms with Gasteiger partial charge in [0.1, 0.15) is 12.1 Å². The molecule has 0 radical (unpaired) electrons. The summed E-state index contributed by atoms with van der Waals surface area (Å²) >= 11 is 0. The summed E-state index contributed by atoms with van der Waals surface area (Å²) in [5.74, 6) is -2.72. The molecule has 7 nitrogen and oxygen atoms in total. The molecule has 5 N–H and O–H groups in total. The van der Waals surface area contributed by atoms with E-state index in [0.717, 1.165) is 0 Å². The van der Waals surface area contributed by atoms with Crippen molar-refractivity contribution in [1.29, 1.82) is 0 Å². The number of amides is 2. The molecular formula is C8H14N2O5. The summed E-state index contributed by atoms with van der Waals surface area (Å²) in [5.41, 5.74) is 4.84. The van der Waals surface area contributed by atoms with Gasteiger partial charge in [0.25, 0.3) is 0 Å². The van der Waals surface area contributed by atoms with E-state index in [2.05, 4.69) is 5.32 Å². The molecule has 0 aliphatic rings. The van der Waals surface area contributed by atoms with E-state index in [4.69, 9.17) is 15.9 Å². The highest BCUT2D eigenvalue weighted by molar-refractivity contribution is 5.86. The van der Waals surface area contributed by atoms with Crippen molar-refractivity contribution in [3.05, 3.63) is 0 Å². The fourth-order valence-electron chi connectivity index (χ4n) is 0.836. The quantitative estimate of drug-likeness (QED) is 0.418. The van der Waals surface area contributed by atoms with Crippen molar-refractivity contribution >= 4 is 17.8 Å². The number of carbonyl (C=O) groups is 3. The van der Waals surface area contributed by atoms with Gasteiger partial charge in [-0.25, -0.2) is 4.79 Å². The fraction of sp³-hybridized carbons (Fsp3) is 0.625. The number of nitrogens with two attached hydrogens (primary N) is 1. The summed E-state index contributed by atoms with van der Waals surface area (Å²) in [6, 6.07) is -1.21. The molecule has 0 aromatic carbocycles. The van der Waals surface area contributed by atoms with Crippen LogP contribution in [0.15, 0.2) is 0 Å². The standard InChI is InChI=1S/C8H14N2O5/c1-4(11)7(13)10-5(8(14)15)2-3-6(9)12/h4-5,11H,2-3H2,1H3,(H2,9,12)(H,10,13)(H,14,15)/t4-,5-/m0/s1. The third kappa shape index (κ3) is 5.63. The average Bonchev–Trinajstić information content (AvgIpc) is 2.10.